The minimum atomic E-state index is -3.24. The van der Waals surface area contributed by atoms with Crippen molar-refractivity contribution in [3.05, 3.63) is 33.2 Å². The summed E-state index contributed by atoms with van der Waals surface area (Å²) in [6, 6.07) is 1.67. The van der Waals surface area contributed by atoms with Crippen LogP contribution >= 0.6 is 0 Å². The quantitative estimate of drug-likeness (QED) is 0.848. The van der Waals surface area contributed by atoms with E-state index in [-0.39, 0.29) is 23.1 Å². The lowest BCUT2D eigenvalue weighted by Gasteiger charge is -2.32. The predicted molar refractivity (Wildman–Crippen MR) is 88.1 cm³/mol. The van der Waals surface area contributed by atoms with Gasteiger partial charge in [0.1, 0.15) is 5.56 Å². The van der Waals surface area contributed by atoms with E-state index in [0.29, 0.717) is 31.5 Å². The van der Waals surface area contributed by atoms with Crippen molar-refractivity contribution in [1.29, 1.82) is 0 Å². The highest BCUT2D eigenvalue weighted by Crippen LogP contribution is 2.15. The number of aryl methyl sites for hydroxylation is 2. The summed E-state index contributed by atoms with van der Waals surface area (Å²) >= 11 is 0. The molecule has 1 aromatic heterocycles. The summed E-state index contributed by atoms with van der Waals surface area (Å²) in [7, 11) is -1.60. The second-order valence-electron chi connectivity index (χ2n) is 6.16. The van der Waals surface area contributed by atoms with Crippen LogP contribution in [-0.4, -0.2) is 49.2 Å². The Morgan fingerprint density at radius 3 is 2.35 bits per heavy atom. The van der Waals surface area contributed by atoms with Gasteiger partial charge in [0, 0.05) is 31.9 Å². The molecule has 1 N–H and O–H groups in total. The monoisotopic (exact) mass is 341 g/mol. The van der Waals surface area contributed by atoms with Gasteiger partial charge in [-0.15, -0.1) is 0 Å². The van der Waals surface area contributed by atoms with Crippen molar-refractivity contribution < 1.29 is 13.2 Å². The maximum absolute atomic E-state index is 12.7. The van der Waals surface area contributed by atoms with Gasteiger partial charge < -0.3 is 9.47 Å². The number of hydrogen-bond donors (Lipinski definition) is 1. The first-order valence-electron chi connectivity index (χ1n) is 7.54. The van der Waals surface area contributed by atoms with Gasteiger partial charge in [-0.1, -0.05) is 0 Å². The molecule has 0 saturated carbocycles. The molecule has 8 heteroatoms. The number of hydrogen-bond acceptors (Lipinski definition) is 4. The minimum absolute atomic E-state index is 0.156. The number of pyridine rings is 1. The van der Waals surface area contributed by atoms with Crippen molar-refractivity contribution in [2.75, 3.05) is 19.3 Å². The Kier molecular flexibility index (Phi) is 4.95. The second kappa shape index (κ2) is 6.45. The number of aromatic nitrogens is 1. The van der Waals surface area contributed by atoms with E-state index in [9.17, 15) is 18.0 Å². The van der Waals surface area contributed by atoms with Crippen LogP contribution in [-0.2, 0) is 17.1 Å². The minimum Gasteiger partial charge on any atom is -0.338 e. The van der Waals surface area contributed by atoms with E-state index < -0.39 is 10.0 Å². The standard InChI is InChI=1S/C15H23N3O4S/c1-10-9-11(2)17(3)14(19)13(10)15(20)18-7-5-12(6-8-18)16-23(4,21)22/h9,12,16H,5-8H2,1-4H3. The number of nitrogens with zero attached hydrogens (tertiary/aromatic N) is 2. The number of piperidine rings is 1. The highest BCUT2D eigenvalue weighted by molar-refractivity contribution is 7.88. The van der Waals surface area contributed by atoms with Gasteiger partial charge in [-0.3, -0.25) is 9.59 Å². The van der Waals surface area contributed by atoms with E-state index in [2.05, 4.69) is 4.72 Å². The van der Waals surface area contributed by atoms with Gasteiger partial charge in [-0.2, -0.15) is 0 Å². The Hall–Kier alpha value is -1.67. The average Bonchev–Trinajstić information content (AvgIpc) is 2.44. The third-order valence-electron chi connectivity index (χ3n) is 4.24. The van der Waals surface area contributed by atoms with Crippen LogP contribution in [0.25, 0.3) is 0 Å². The zero-order valence-electron chi connectivity index (χ0n) is 13.9. The fraction of sp³-hybridized carbons (Fsp3) is 0.600. The lowest BCUT2D eigenvalue weighted by molar-refractivity contribution is 0.0708. The zero-order chi connectivity index (χ0) is 17.4. The maximum atomic E-state index is 12.7. The van der Waals surface area contributed by atoms with Crippen LogP contribution in [0.4, 0.5) is 0 Å². The normalized spacial score (nSPS) is 16.6. The molecule has 128 valence electrons. The molecule has 2 rings (SSSR count). The molecule has 0 aliphatic carbocycles. The first-order valence-corrected chi connectivity index (χ1v) is 9.43. The van der Waals surface area contributed by atoms with Crippen LogP contribution in [0.2, 0.25) is 0 Å². The molecule has 0 spiro atoms. The second-order valence-corrected chi connectivity index (χ2v) is 7.94. The molecule has 1 saturated heterocycles. The molecular weight excluding hydrogens is 318 g/mol. The topological polar surface area (TPSA) is 88.5 Å². The fourth-order valence-electron chi connectivity index (χ4n) is 2.90. The number of amides is 1. The molecule has 1 aliphatic rings. The van der Waals surface area contributed by atoms with Crippen LogP contribution in [0.3, 0.4) is 0 Å². The summed E-state index contributed by atoms with van der Waals surface area (Å²) in [6.07, 6.45) is 2.22. The van der Waals surface area contributed by atoms with Gasteiger partial charge >= 0.3 is 0 Å². The number of carbonyl (C=O) groups excluding carboxylic acids is 1. The Morgan fingerprint density at radius 1 is 1.26 bits per heavy atom. The number of nitrogens with one attached hydrogen (secondary N) is 1. The molecule has 7 nitrogen and oxygen atoms in total. The SMILES string of the molecule is Cc1cc(C)n(C)c(=O)c1C(=O)N1CCC(NS(C)(=O)=O)CC1. The van der Waals surface area contributed by atoms with Crippen molar-refractivity contribution in [3.8, 4) is 0 Å². The van der Waals surface area contributed by atoms with Gasteiger partial charge in [0.15, 0.2) is 0 Å². The van der Waals surface area contributed by atoms with E-state index in [1.807, 2.05) is 13.0 Å². The van der Waals surface area contributed by atoms with Crippen LogP contribution in [0.15, 0.2) is 10.9 Å². The zero-order valence-corrected chi connectivity index (χ0v) is 14.7. The first-order chi connectivity index (χ1) is 10.6. The number of likely N-dealkylation sites (tertiary alicyclic amines) is 1. The average molecular weight is 341 g/mol. The van der Waals surface area contributed by atoms with E-state index in [1.165, 1.54) is 4.57 Å². The molecule has 1 aliphatic heterocycles. The van der Waals surface area contributed by atoms with E-state index in [0.717, 1.165) is 11.9 Å². The van der Waals surface area contributed by atoms with Crippen molar-refractivity contribution in [2.24, 2.45) is 7.05 Å². The Labute approximate surface area is 136 Å². The van der Waals surface area contributed by atoms with Crippen LogP contribution < -0.4 is 10.3 Å². The molecule has 1 aromatic rings. The summed E-state index contributed by atoms with van der Waals surface area (Å²) in [5.41, 5.74) is 1.39. The third-order valence-corrected chi connectivity index (χ3v) is 5.01. The summed E-state index contributed by atoms with van der Waals surface area (Å²) < 4.78 is 26.6. The summed E-state index contributed by atoms with van der Waals surface area (Å²) in [5.74, 6) is -0.277. The van der Waals surface area contributed by atoms with Crippen molar-refractivity contribution >= 4 is 15.9 Å². The van der Waals surface area contributed by atoms with Gasteiger partial charge in [-0.05, 0) is 38.3 Å². The van der Waals surface area contributed by atoms with Crippen LogP contribution in [0, 0.1) is 13.8 Å². The molecule has 2 heterocycles. The highest BCUT2D eigenvalue weighted by atomic mass is 32.2. The lowest BCUT2D eigenvalue weighted by atomic mass is 10.0. The Morgan fingerprint density at radius 2 is 1.83 bits per heavy atom. The van der Waals surface area contributed by atoms with E-state index in [1.54, 1.807) is 18.9 Å². The molecular formula is C15H23N3O4S. The smallest absolute Gasteiger partial charge is 0.263 e. The summed E-state index contributed by atoms with van der Waals surface area (Å²) in [6.45, 7) is 4.45. The Balaban J connectivity index is 2.15. The summed E-state index contributed by atoms with van der Waals surface area (Å²) in [5, 5.41) is 0. The van der Waals surface area contributed by atoms with Gasteiger partial charge in [0.25, 0.3) is 11.5 Å². The molecule has 0 bridgehead atoms. The van der Waals surface area contributed by atoms with Crippen LogP contribution in [0.1, 0.15) is 34.5 Å². The number of sulfonamides is 1. The molecule has 23 heavy (non-hydrogen) atoms. The van der Waals surface area contributed by atoms with E-state index >= 15 is 0 Å². The molecule has 1 fully saturated rings. The molecule has 0 atom stereocenters. The summed E-state index contributed by atoms with van der Waals surface area (Å²) in [4.78, 5) is 26.7. The maximum Gasteiger partial charge on any atom is 0.263 e. The fourth-order valence-corrected chi connectivity index (χ4v) is 3.74. The highest BCUT2D eigenvalue weighted by Gasteiger charge is 2.27. The number of rotatable bonds is 3. The van der Waals surface area contributed by atoms with Crippen molar-refractivity contribution in [1.82, 2.24) is 14.2 Å². The van der Waals surface area contributed by atoms with Gasteiger partial charge in [0.2, 0.25) is 10.0 Å². The third kappa shape index (κ3) is 4.00. The van der Waals surface area contributed by atoms with Crippen molar-refractivity contribution in [3.63, 3.8) is 0 Å². The molecule has 0 aromatic carbocycles. The Bertz CT molecular complexity index is 775. The molecule has 0 unspecified atom stereocenters. The van der Waals surface area contributed by atoms with Gasteiger partial charge in [-0.25, -0.2) is 13.1 Å². The van der Waals surface area contributed by atoms with Crippen molar-refractivity contribution in [2.45, 2.75) is 32.7 Å². The predicted octanol–water partition coefficient (Wildman–Crippen LogP) is 0.156. The van der Waals surface area contributed by atoms with E-state index in [4.69, 9.17) is 0 Å². The first kappa shape index (κ1) is 17.7. The van der Waals surface area contributed by atoms with Gasteiger partial charge in [0.05, 0.1) is 6.26 Å². The van der Waals surface area contributed by atoms with Crippen LogP contribution in [0.5, 0.6) is 0 Å². The largest absolute Gasteiger partial charge is 0.338 e. The number of carbonyl (C=O) groups is 1. The molecule has 0 radical (unpaired) electrons. The molecule has 1 amide bonds. The lowest BCUT2D eigenvalue weighted by Crippen LogP contribution is -2.47.